The molecule has 0 unspecified atom stereocenters. The van der Waals surface area contributed by atoms with E-state index in [-0.39, 0.29) is 6.04 Å². The van der Waals surface area contributed by atoms with Gasteiger partial charge in [-0.05, 0) is 51.2 Å². The molecule has 1 aliphatic rings. The lowest BCUT2D eigenvalue weighted by molar-refractivity contribution is 0.0553. The number of ether oxygens (including phenoxy) is 1. The van der Waals surface area contributed by atoms with Crippen LogP contribution in [-0.4, -0.2) is 42.9 Å². The van der Waals surface area contributed by atoms with Crippen molar-refractivity contribution in [3.05, 3.63) is 64.5 Å². The first-order valence-electron chi connectivity index (χ1n) is 12.6. The summed E-state index contributed by atoms with van der Waals surface area (Å²) in [5.41, 5.74) is 3.89. The van der Waals surface area contributed by atoms with E-state index in [1.807, 2.05) is 20.0 Å². The summed E-state index contributed by atoms with van der Waals surface area (Å²) in [6, 6.07) is 12.4. The topological polar surface area (TPSA) is 78.0 Å². The second-order valence-corrected chi connectivity index (χ2v) is 11.4. The van der Waals surface area contributed by atoms with E-state index in [0.717, 1.165) is 45.7 Å². The smallest absolute Gasteiger partial charge is 0.151 e. The van der Waals surface area contributed by atoms with Gasteiger partial charge in [0.2, 0.25) is 0 Å². The average molecular weight is 520 g/mol. The molecular formula is C28H30FN5O2S. The van der Waals surface area contributed by atoms with Crippen LogP contribution in [-0.2, 0) is 17.4 Å². The maximum atomic E-state index is 16.0. The van der Waals surface area contributed by atoms with E-state index < -0.39 is 11.4 Å². The van der Waals surface area contributed by atoms with Crippen molar-refractivity contribution in [2.24, 2.45) is 13.0 Å². The highest BCUT2D eigenvalue weighted by Gasteiger charge is 2.35. The minimum atomic E-state index is -1.30. The molecule has 1 fully saturated rings. The van der Waals surface area contributed by atoms with Gasteiger partial charge in [0.05, 0.1) is 44.3 Å². The molecule has 192 valence electrons. The van der Waals surface area contributed by atoms with E-state index in [2.05, 4.69) is 45.2 Å². The van der Waals surface area contributed by atoms with E-state index in [4.69, 9.17) is 9.72 Å². The molecule has 0 aliphatic carbocycles. The number of hydrogen-bond acceptors (Lipinski definition) is 6. The van der Waals surface area contributed by atoms with Gasteiger partial charge < -0.3 is 14.4 Å². The minimum Gasteiger partial charge on any atom is -0.385 e. The van der Waals surface area contributed by atoms with Gasteiger partial charge in [0.1, 0.15) is 4.83 Å². The Bertz CT molecular complexity index is 1570. The molecule has 0 bridgehead atoms. The molecule has 0 amide bonds. The molecule has 5 aromatic rings. The zero-order valence-electron chi connectivity index (χ0n) is 21.4. The van der Waals surface area contributed by atoms with Gasteiger partial charge in [0.25, 0.3) is 0 Å². The second-order valence-electron chi connectivity index (χ2n) is 10.4. The summed E-state index contributed by atoms with van der Waals surface area (Å²) in [5, 5.41) is 19.6. The van der Waals surface area contributed by atoms with Gasteiger partial charge in [0, 0.05) is 32.0 Å². The van der Waals surface area contributed by atoms with Gasteiger partial charge in [-0.3, -0.25) is 4.98 Å². The van der Waals surface area contributed by atoms with Crippen molar-refractivity contribution >= 4 is 32.6 Å². The van der Waals surface area contributed by atoms with E-state index in [1.54, 1.807) is 24.7 Å². The van der Waals surface area contributed by atoms with E-state index >= 15 is 4.39 Å². The lowest BCUT2D eigenvalue weighted by Gasteiger charge is -2.32. The van der Waals surface area contributed by atoms with Gasteiger partial charge >= 0.3 is 0 Å². The first-order valence-corrected chi connectivity index (χ1v) is 13.4. The summed E-state index contributed by atoms with van der Waals surface area (Å²) in [6.45, 7) is 6.59. The van der Waals surface area contributed by atoms with Crippen LogP contribution in [0.3, 0.4) is 0 Å². The molecule has 0 spiro atoms. The van der Waals surface area contributed by atoms with Crippen LogP contribution < -0.4 is 0 Å². The lowest BCUT2D eigenvalue weighted by atomic mass is 9.86. The standard InChI is InChI=1S/C28H30FN5O2S/c1-16-24(33(4)32-31-16)19-14-20-23(30-15-19)21-22(29)26(28(2,3)35)37-27(21)34(20)25(17-8-6-5-7-9-17)18-10-12-36-13-11-18/h5-9,14-15,18,25,35H,10-13H2,1-4H3/t25-/m1/s1. The number of pyridine rings is 1. The highest BCUT2D eigenvalue weighted by molar-refractivity contribution is 7.19. The summed E-state index contributed by atoms with van der Waals surface area (Å²) in [6.07, 6.45) is 3.58. The van der Waals surface area contributed by atoms with Crippen LogP contribution in [0.15, 0.2) is 42.6 Å². The molecular weight excluding hydrogens is 489 g/mol. The lowest BCUT2D eigenvalue weighted by Crippen LogP contribution is -2.26. The number of aliphatic hydroxyl groups is 1. The number of halogens is 1. The molecule has 4 aromatic heterocycles. The normalized spacial score (nSPS) is 16.2. The predicted octanol–water partition coefficient (Wildman–Crippen LogP) is 5.74. The third-order valence-corrected chi connectivity index (χ3v) is 8.85. The monoisotopic (exact) mass is 519 g/mol. The maximum absolute atomic E-state index is 16.0. The Kier molecular flexibility index (Phi) is 5.89. The van der Waals surface area contributed by atoms with Crippen LogP contribution in [0.2, 0.25) is 0 Å². The van der Waals surface area contributed by atoms with Crippen molar-refractivity contribution in [2.75, 3.05) is 13.2 Å². The molecule has 37 heavy (non-hydrogen) atoms. The molecule has 1 N–H and O–H groups in total. The van der Waals surface area contributed by atoms with Gasteiger partial charge in [-0.2, -0.15) is 0 Å². The second kappa shape index (κ2) is 9.01. The summed E-state index contributed by atoms with van der Waals surface area (Å²) < 4.78 is 25.7. The number of aromatic nitrogens is 5. The summed E-state index contributed by atoms with van der Waals surface area (Å²) >= 11 is 1.32. The molecule has 9 heteroatoms. The largest absolute Gasteiger partial charge is 0.385 e. The zero-order valence-corrected chi connectivity index (χ0v) is 22.2. The Balaban J connectivity index is 1.70. The maximum Gasteiger partial charge on any atom is 0.151 e. The number of benzene rings is 1. The van der Waals surface area contributed by atoms with E-state index in [1.165, 1.54) is 11.3 Å². The van der Waals surface area contributed by atoms with Crippen molar-refractivity contribution in [1.29, 1.82) is 0 Å². The molecule has 1 atom stereocenters. The number of hydrogen-bond donors (Lipinski definition) is 1. The highest BCUT2D eigenvalue weighted by atomic mass is 32.1. The van der Waals surface area contributed by atoms with Crippen LogP contribution >= 0.6 is 11.3 Å². The van der Waals surface area contributed by atoms with Gasteiger partial charge in [0.15, 0.2) is 5.82 Å². The van der Waals surface area contributed by atoms with Crippen molar-refractivity contribution in [2.45, 2.75) is 45.3 Å². The average Bonchev–Trinajstić information content (AvgIpc) is 3.51. The predicted molar refractivity (Wildman–Crippen MR) is 143 cm³/mol. The first kappa shape index (κ1) is 24.2. The Morgan fingerprint density at radius 1 is 1.19 bits per heavy atom. The fraction of sp³-hybridized carbons (Fsp3) is 0.393. The van der Waals surface area contributed by atoms with Crippen LogP contribution in [0.25, 0.3) is 32.5 Å². The fourth-order valence-electron chi connectivity index (χ4n) is 5.68. The number of thiophene rings is 1. The third-order valence-electron chi connectivity index (χ3n) is 7.37. The Morgan fingerprint density at radius 3 is 2.57 bits per heavy atom. The molecule has 0 saturated carbocycles. The zero-order chi connectivity index (χ0) is 25.9. The van der Waals surface area contributed by atoms with Crippen molar-refractivity contribution < 1.29 is 14.2 Å². The Morgan fingerprint density at radius 2 is 1.92 bits per heavy atom. The van der Waals surface area contributed by atoms with E-state index in [9.17, 15) is 5.11 Å². The summed E-state index contributed by atoms with van der Waals surface area (Å²) in [4.78, 5) is 5.93. The van der Waals surface area contributed by atoms with Crippen LogP contribution in [0, 0.1) is 18.7 Å². The van der Waals surface area contributed by atoms with Crippen LogP contribution in [0.5, 0.6) is 0 Å². The van der Waals surface area contributed by atoms with Crippen molar-refractivity contribution in [1.82, 2.24) is 24.5 Å². The molecule has 1 aliphatic heterocycles. The number of fused-ring (bicyclic) bond motifs is 3. The molecule has 0 radical (unpaired) electrons. The van der Waals surface area contributed by atoms with Crippen molar-refractivity contribution in [3.8, 4) is 11.3 Å². The highest BCUT2D eigenvalue weighted by Crippen LogP contribution is 2.46. The fourth-order valence-corrected chi connectivity index (χ4v) is 6.92. The van der Waals surface area contributed by atoms with E-state index in [0.29, 0.717) is 34.9 Å². The Labute approximate surface area is 218 Å². The number of rotatable bonds is 5. The van der Waals surface area contributed by atoms with Crippen LogP contribution in [0.1, 0.15) is 48.9 Å². The van der Waals surface area contributed by atoms with Gasteiger partial charge in [-0.15, -0.1) is 16.4 Å². The minimum absolute atomic E-state index is 0.0411. The molecule has 7 nitrogen and oxygen atoms in total. The third kappa shape index (κ3) is 3.96. The summed E-state index contributed by atoms with van der Waals surface area (Å²) in [5.74, 6) is -0.0943. The number of aryl methyl sites for hydroxylation is 2. The summed E-state index contributed by atoms with van der Waals surface area (Å²) in [7, 11) is 1.86. The molecule has 1 aromatic carbocycles. The van der Waals surface area contributed by atoms with Crippen molar-refractivity contribution in [3.63, 3.8) is 0 Å². The Hall–Kier alpha value is -3.14. The number of nitrogens with zero attached hydrogens (tertiary/aromatic N) is 5. The molecule has 6 rings (SSSR count). The van der Waals surface area contributed by atoms with Gasteiger partial charge in [-0.1, -0.05) is 35.5 Å². The van der Waals surface area contributed by atoms with Crippen LogP contribution in [0.4, 0.5) is 4.39 Å². The molecule has 1 saturated heterocycles. The first-order chi connectivity index (χ1) is 17.8. The van der Waals surface area contributed by atoms with Gasteiger partial charge in [-0.25, -0.2) is 9.07 Å². The SMILES string of the molecule is Cc1nnn(C)c1-c1cnc2c3c(F)c(C(C)(C)O)sc3n([C@H](c3ccccc3)C3CCOCC3)c2c1. The quantitative estimate of drug-likeness (QED) is 0.321. The molecule has 5 heterocycles.